The molecule has 0 aromatic carbocycles. The van der Waals surface area contributed by atoms with Crippen molar-refractivity contribution in [3.05, 3.63) is 24.3 Å². The summed E-state index contributed by atoms with van der Waals surface area (Å²) < 4.78 is 24.4. The zero-order chi connectivity index (χ0) is 13.9. The first kappa shape index (κ1) is 13.9. The molecule has 1 unspecified atom stereocenters. The lowest BCUT2D eigenvalue weighted by Gasteiger charge is -2.31. The highest BCUT2D eigenvalue weighted by molar-refractivity contribution is 7.88. The molecule has 2 heterocycles. The number of piperidine rings is 1. The summed E-state index contributed by atoms with van der Waals surface area (Å²) in [5, 5.41) is 2.81. The number of amides is 1. The second kappa shape index (κ2) is 5.62. The molecule has 1 N–H and O–H groups in total. The topological polar surface area (TPSA) is 92.3 Å². The molecule has 1 atom stereocenters. The van der Waals surface area contributed by atoms with E-state index in [4.69, 9.17) is 0 Å². The van der Waals surface area contributed by atoms with Crippen LogP contribution in [0.1, 0.15) is 23.2 Å². The highest BCUT2D eigenvalue weighted by atomic mass is 32.2. The molecule has 0 spiro atoms. The van der Waals surface area contributed by atoms with Gasteiger partial charge in [0, 0.05) is 31.5 Å². The summed E-state index contributed by atoms with van der Waals surface area (Å²) in [4.78, 5) is 19.5. The van der Waals surface area contributed by atoms with E-state index in [-0.39, 0.29) is 11.9 Å². The number of carbonyl (C=O) groups is 1. The molecule has 2 rings (SSSR count). The molecule has 0 bridgehead atoms. The van der Waals surface area contributed by atoms with Gasteiger partial charge in [0.1, 0.15) is 6.33 Å². The number of nitrogens with zero attached hydrogens (tertiary/aromatic N) is 3. The van der Waals surface area contributed by atoms with Gasteiger partial charge in [-0.2, -0.15) is 0 Å². The van der Waals surface area contributed by atoms with E-state index in [9.17, 15) is 13.2 Å². The standard InChI is InChI=1S/C11H16N4O3S/c1-19(17,18)15-4-2-3-10(7-15)14-11(16)9-5-12-8-13-6-9/h5-6,8,10H,2-4,7H2,1H3,(H,14,16). The van der Waals surface area contributed by atoms with Crippen molar-refractivity contribution in [1.82, 2.24) is 19.6 Å². The Labute approximate surface area is 112 Å². The van der Waals surface area contributed by atoms with E-state index in [1.165, 1.54) is 29.3 Å². The van der Waals surface area contributed by atoms with Crippen LogP contribution in [0.2, 0.25) is 0 Å². The van der Waals surface area contributed by atoms with E-state index in [0.717, 1.165) is 12.8 Å². The van der Waals surface area contributed by atoms with Crippen LogP contribution in [0.4, 0.5) is 0 Å². The largest absolute Gasteiger partial charge is 0.348 e. The minimum absolute atomic E-state index is 0.170. The Morgan fingerprint density at radius 1 is 1.42 bits per heavy atom. The van der Waals surface area contributed by atoms with E-state index in [2.05, 4.69) is 15.3 Å². The number of nitrogens with one attached hydrogen (secondary N) is 1. The maximum Gasteiger partial charge on any atom is 0.254 e. The van der Waals surface area contributed by atoms with Gasteiger partial charge >= 0.3 is 0 Å². The zero-order valence-electron chi connectivity index (χ0n) is 10.6. The molecule has 104 valence electrons. The lowest BCUT2D eigenvalue weighted by Crippen LogP contribution is -2.49. The number of hydrogen-bond donors (Lipinski definition) is 1. The van der Waals surface area contributed by atoms with Gasteiger partial charge in [-0.25, -0.2) is 22.7 Å². The molecule has 0 aliphatic carbocycles. The molecule has 0 radical (unpaired) electrons. The van der Waals surface area contributed by atoms with Crippen LogP contribution in [0.25, 0.3) is 0 Å². The fourth-order valence-corrected chi connectivity index (χ4v) is 2.96. The fraction of sp³-hybridized carbons (Fsp3) is 0.545. The monoisotopic (exact) mass is 284 g/mol. The third-order valence-corrected chi connectivity index (χ3v) is 4.28. The first-order valence-corrected chi connectivity index (χ1v) is 7.82. The second-order valence-corrected chi connectivity index (χ2v) is 6.54. The average Bonchev–Trinajstić information content (AvgIpc) is 2.39. The van der Waals surface area contributed by atoms with Crippen molar-refractivity contribution in [3.8, 4) is 0 Å². The molecule has 1 aliphatic rings. The van der Waals surface area contributed by atoms with Gasteiger partial charge in [-0.05, 0) is 12.8 Å². The van der Waals surface area contributed by atoms with Crippen molar-refractivity contribution in [2.45, 2.75) is 18.9 Å². The summed E-state index contributed by atoms with van der Waals surface area (Å²) in [6.45, 7) is 0.831. The van der Waals surface area contributed by atoms with Gasteiger partial charge < -0.3 is 5.32 Å². The quantitative estimate of drug-likeness (QED) is 0.817. The molecule has 8 heteroatoms. The number of rotatable bonds is 3. The minimum Gasteiger partial charge on any atom is -0.348 e. The van der Waals surface area contributed by atoms with Gasteiger partial charge in [0.05, 0.1) is 11.8 Å². The molecule has 1 aliphatic heterocycles. The van der Waals surface area contributed by atoms with Gasteiger partial charge in [0.25, 0.3) is 5.91 Å². The molecule has 1 aromatic rings. The maximum atomic E-state index is 11.9. The number of carbonyl (C=O) groups excluding carboxylic acids is 1. The summed E-state index contributed by atoms with van der Waals surface area (Å²) in [5.74, 6) is -0.277. The third-order valence-electron chi connectivity index (χ3n) is 3.01. The van der Waals surface area contributed by atoms with Crippen LogP contribution in [0, 0.1) is 0 Å². The Bertz CT molecular complexity index is 546. The Kier molecular flexibility index (Phi) is 4.11. The molecular weight excluding hydrogens is 268 g/mol. The van der Waals surface area contributed by atoms with E-state index in [1.54, 1.807) is 0 Å². The first-order valence-electron chi connectivity index (χ1n) is 5.98. The van der Waals surface area contributed by atoms with Crippen LogP contribution >= 0.6 is 0 Å². The Morgan fingerprint density at radius 3 is 2.74 bits per heavy atom. The molecule has 1 fully saturated rings. The highest BCUT2D eigenvalue weighted by Crippen LogP contribution is 2.13. The summed E-state index contributed by atoms with van der Waals surface area (Å²) in [5.41, 5.74) is 0.374. The van der Waals surface area contributed by atoms with Gasteiger partial charge in [-0.1, -0.05) is 0 Å². The molecule has 0 saturated carbocycles. The van der Waals surface area contributed by atoms with Crippen molar-refractivity contribution in [3.63, 3.8) is 0 Å². The average molecular weight is 284 g/mol. The number of hydrogen-bond acceptors (Lipinski definition) is 5. The predicted octanol–water partition coefficient (Wildman–Crippen LogP) is -0.370. The smallest absolute Gasteiger partial charge is 0.254 e. The minimum atomic E-state index is -3.20. The van der Waals surface area contributed by atoms with Crippen LogP contribution in [0.5, 0.6) is 0 Å². The Balaban J connectivity index is 1.98. The van der Waals surface area contributed by atoms with E-state index < -0.39 is 10.0 Å². The molecular formula is C11H16N4O3S. The molecule has 1 amide bonds. The molecule has 19 heavy (non-hydrogen) atoms. The maximum absolute atomic E-state index is 11.9. The fourth-order valence-electron chi connectivity index (χ4n) is 2.05. The lowest BCUT2D eigenvalue weighted by atomic mass is 10.1. The van der Waals surface area contributed by atoms with Crippen LogP contribution in [-0.2, 0) is 10.0 Å². The van der Waals surface area contributed by atoms with Gasteiger partial charge in [0.2, 0.25) is 10.0 Å². The van der Waals surface area contributed by atoms with Crippen LogP contribution in [0.15, 0.2) is 18.7 Å². The summed E-state index contributed by atoms with van der Waals surface area (Å²) in [7, 11) is -3.20. The Morgan fingerprint density at radius 2 is 2.11 bits per heavy atom. The normalized spacial score (nSPS) is 21.0. The van der Waals surface area contributed by atoms with Crippen molar-refractivity contribution >= 4 is 15.9 Å². The van der Waals surface area contributed by atoms with E-state index >= 15 is 0 Å². The predicted molar refractivity (Wildman–Crippen MR) is 68.9 cm³/mol. The Hall–Kier alpha value is -1.54. The summed E-state index contributed by atoms with van der Waals surface area (Å²) in [6.07, 6.45) is 6.90. The third kappa shape index (κ3) is 3.71. The van der Waals surface area contributed by atoms with Gasteiger partial charge in [0.15, 0.2) is 0 Å². The van der Waals surface area contributed by atoms with Crippen LogP contribution < -0.4 is 5.32 Å². The second-order valence-electron chi connectivity index (χ2n) is 4.56. The van der Waals surface area contributed by atoms with Crippen LogP contribution in [-0.4, -0.2) is 54.0 Å². The SMILES string of the molecule is CS(=O)(=O)N1CCCC(NC(=O)c2cncnc2)C1. The van der Waals surface area contributed by atoms with E-state index in [1.807, 2.05) is 0 Å². The van der Waals surface area contributed by atoms with Crippen molar-refractivity contribution in [2.24, 2.45) is 0 Å². The molecule has 1 aromatic heterocycles. The number of aromatic nitrogens is 2. The summed E-state index contributed by atoms with van der Waals surface area (Å²) in [6, 6.07) is -0.170. The van der Waals surface area contributed by atoms with Crippen molar-refractivity contribution in [1.29, 1.82) is 0 Å². The van der Waals surface area contributed by atoms with Gasteiger partial charge in [-0.3, -0.25) is 4.79 Å². The first-order chi connectivity index (χ1) is 8.97. The van der Waals surface area contributed by atoms with Gasteiger partial charge in [-0.15, -0.1) is 0 Å². The molecule has 1 saturated heterocycles. The van der Waals surface area contributed by atoms with Crippen LogP contribution in [0.3, 0.4) is 0 Å². The molecule has 7 nitrogen and oxygen atoms in total. The lowest BCUT2D eigenvalue weighted by molar-refractivity contribution is 0.0920. The number of sulfonamides is 1. The van der Waals surface area contributed by atoms with Crippen molar-refractivity contribution < 1.29 is 13.2 Å². The van der Waals surface area contributed by atoms with Crippen molar-refractivity contribution in [2.75, 3.05) is 19.3 Å². The summed E-state index contributed by atoms with van der Waals surface area (Å²) >= 11 is 0. The zero-order valence-corrected chi connectivity index (χ0v) is 11.4. The highest BCUT2D eigenvalue weighted by Gasteiger charge is 2.26. The van der Waals surface area contributed by atoms with E-state index in [0.29, 0.717) is 18.7 Å².